The molecule has 0 spiro atoms. The van der Waals surface area contributed by atoms with Crippen molar-refractivity contribution in [1.29, 1.82) is 0 Å². The van der Waals surface area contributed by atoms with Crippen LogP contribution in [0.3, 0.4) is 0 Å². The summed E-state index contributed by atoms with van der Waals surface area (Å²) >= 11 is 0. The van der Waals surface area contributed by atoms with Crippen LogP contribution >= 0.6 is 0 Å². The lowest BCUT2D eigenvalue weighted by molar-refractivity contribution is -0.0992. The summed E-state index contributed by atoms with van der Waals surface area (Å²) in [4.78, 5) is 11.2. The van der Waals surface area contributed by atoms with E-state index >= 15 is 0 Å². The number of methoxy groups -OCH3 is 1. The van der Waals surface area contributed by atoms with Gasteiger partial charge in [0.05, 0.1) is 26.9 Å². The van der Waals surface area contributed by atoms with Gasteiger partial charge >= 0.3 is 5.97 Å². The molecule has 0 saturated carbocycles. The average Bonchev–Trinajstić information content (AvgIpc) is 2.74. The van der Waals surface area contributed by atoms with Crippen LogP contribution in [0, 0.1) is 5.41 Å². The molecule has 1 aromatic rings. The lowest BCUT2D eigenvalue weighted by Crippen LogP contribution is -2.47. The van der Waals surface area contributed by atoms with Gasteiger partial charge in [0.2, 0.25) is 5.76 Å². The van der Waals surface area contributed by atoms with E-state index in [9.17, 15) is 4.79 Å². The van der Waals surface area contributed by atoms with Gasteiger partial charge in [-0.1, -0.05) is 6.92 Å². The van der Waals surface area contributed by atoms with Crippen LogP contribution in [0.2, 0.25) is 0 Å². The summed E-state index contributed by atoms with van der Waals surface area (Å²) in [5.74, 6) is 0.521. The fraction of sp³-hybridized carbons (Fsp3) is 0.583. The second kappa shape index (κ2) is 4.89. The van der Waals surface area contributed by atoms with Crippen LogP contribution in [0.4, 0.5) is 0 Å². The summed E-state index contributed by atoms with van der Waals surface area (Å²) in [7, 11) is 1.33. The zero-order valence-corrected chi connectivity index (χ0v) is 10.1. The highest BCUT2D eigenvalue weighted by molar-refractivity contribution is 5.86. The monoisotopic (exact) mass is 239 g/mol. The summed E-state index contributed by atoms with van der Waals surface area (Å²) in [6.07, 6.45) is 0. The van der Waals surface area contributed by atoms with Crippen molar-refractivity contribution in [1.82, 2.24) is 5.32 Å². The van der Waals surface area contributed by atoms with Crippen molar-refractivity contribution in [2.45, 2.75) is 13.5 Å². The molecule has 1 aromatic heterocycles. The molecule has 0 atom stereocenters. The molecule has 17 heavy (non-hydrogen) atoms. The highest BCUT2D eigenvalue weighted by atomic mass is 16.5. The maximum Gasteiger partial charge on any atom is 0.373 e. The van der Waals surface area contributed by atoms with E-state index in [1.54, 1.807) is 12.1 Å². The topological polar surface area (TPSA) is 60.7 Å². The van der Waals surface area contributed by atoms with Crippen LogP contribution in [-0.2, 0) is 16.0 Å². The Hall–Kier alpha value is -1.33. The van der Waals surface area contributed by atoms with Crippen LogP contribution < -0.4 is 5.32 Å². The second-order valence-electron chi connectivity index (χ2n) is 4.66. The molecule has 0 aliphatic carbocycles. The number of carbonyl (C=O) groups excluding carboxylic acids is 1. The van der Waals surface area contributed by atoms with Crippen LogP contribution in [0.25, 0.3) is 0 Å². The third kappa shape index (κ3) is 2.87. The van der Waals surface area contributed by atoms with Gasteiger partial charge in [-0.15, -0.1) is 0 Å². The van der Waals surface area contributed by atoms with Gasteiger partial charge in [-0.25, -0.2) is 4.79 Å². The summed E-state index contributed by atoms with van der Waals surface area (Å²) in [6, 6.07) is 3.40. The molecule has 1 N–H and O–H groups in total. The van der Waals surface area contributed by atoms with Gasteiger partial charge in [-0.2, -0.15) is 0 Å². The zero-order chi connectivity index (χ0) is 12.3. The second-order valence-corrected chi connectivity index (χ2v) is 4.66. The number of hydrogen-bond donors (Lipinski definition) is 1. The van der Waals surface area contributed by atoms with E-state index in [1.807, 2.05) is 0 Å². The van der Waals surface area contributed by atoms with Crippen molar-refractivity contribution < 1.29 is 18.7 Å². The molecule has 0 amide bonds. The number of carbonyl (C=O) groups is 1. The Labute approximate surface area is 100 Å². The highest BCUT2D eigenvalue weighted by Gasteiger charge is 2.32. The number of nitrogens with one attached hydrogen (secondary N) is 1. The summed E-state index contributed by atoms with van der Waals surface area (Å²) in [5, 5.41) is 3.29. The first-order valence-corrected chi connectivity index (χ1v) is 5.58. The first-order chi connectivity index (χ1) is 8.13. The Bertz CT molecular complexity index is 395. The third-order valence-electron chi connectivity index (χ3n) is 2.80. The van der Waals surface area contributed by atoms with E-state index in [4.69, 9.17) is 9.15 Å². The van der Waals surface area contributed by atoms with Gasteiger partial charge in [0.15, 0.2) is 0 Å². The van der Waals surface area contributed by atoms with Gasteiger partial charge in [0.25, 0.3) is 0 Å². The van der Waals surface area contributed by atoms with Crippen molar-refractivity contribution in [3.8, 4) is 0 Å². The predicted octanol–water partition coefficient (Wildman–Crippen LogP) is 1.19. The smallest absolute Gasteiger partial charge is 0.373 e. The number of hydrogen-bond acceptors (Lipinski definition) is 5. The van der Waals surface area contributed by atoms with Gasteiger partial charge < -0.3 is 19.2 Å². The van der Waals surface area contributed by atoms with Crippen molar-refractivity contribution >= 4 is 5.97 Å². The molecule has 2 rings (SSSR count). The Morgan fingerprint density at radius 1 is 1.53 bits per heavy atom. The molecular formula is C12H17NO4. The van der Waals surface area contributed by atoms with E-state index in [2.05, 4.69) is 17.0 Å². The molecule has 0 radical (unpaired) electrons. The summed E-state index contributed by atoms with van der Waals surface area (Å²) in [6.45, 7) is 5.25. The van der Waals surface area contributed by atoms with Crippen molar-refractivity contribution in [3.63, 3.8) is 0 Å². The maximum absolute atomic E-state index is 11.2. The number of furan rings is 1. The Balaban J connectivity index is 1.79. The lowest BCUT2D eigenvalue weighted by atomic mass is 9.89. The number of esters is 1. The molecule has 0 bridgehead atoms. The zero-order valence-electron chi connectivity index (χ0n) is 10.1. The standard InChI is InChI=1S/C12H17NO4/c1-12(7-16-8-12)6-13-5-9-3-4-10(17-9)11(14)15-2/h3-4,13H,5-8H2,1-2H3. The summed E-state index contributed by atoms with van der Waals surface area (Å²) < 4.78 is 15.1. The molecule has 0 aromatic carbocycles. The van der Waals surface area contributed by atoms with Crippen molar-refractivity contribution in [2.24, 2.45) is 5.41 Å². The lowest BCUT2D eigenvalue weighted by Gasteiger charge is -2.38. The van der Waals surface area contributed by atoms with Gasteiger partial charge in [-0.05, 0) is 12.1 Å². The largest absolute Gasteiger partial charge is 0.463 e. The molecule has 1 aliphatic heterocycles. The first kappa shape index (κ1) is 12.1. The predicted molar refractivity (Wildman–Crippen MR) is 60.7 cm³/mol. The van der Waals surface area contributed by atoms with Crippen LogP contribution in [0.15, 0.2) is 16.5 Å². The van der Waals surface area contributed by atoms with E-state index in [-0.39, 0.29) is 11.2 Å². The molecule has 0 unspecified atom stereocenters. The molecule has 1 saturated heterocycles. The van der Waals surface area contributed by atoms with Crippen molar-refractivity contribution in [2.75, 3.05) is 26.9 Å². The normalized spacial score (nSPS) is 17.5. The fourth-order valence-corrected chi connectivity index (χ4v) is 1.72. The summed E-state index contributed by atoms with van der Waals surface area (Å²) in [5.41, 5.74) is 0.234. The molecule has 5 heteroatoms. The maximum atomic E-state index is 11.2. The number of rotatable bonds is 5. The minimum Gasteiger partial charge on any atom is -0.463 e. The van der Waals surface area contributed by atoms with E-state index in [1.165, 1.54) is 7.11 Å². The van der Waals surface area contributed by atoms with Gasteiger partial charge in [0.1, 0.15) is 5.76 Å². The Morgan fingerprint density at radius 2 is 2.29 bits per heavy atom. The van der Waals surface area contributed by atoms with Crippen molar-refractivity contribution in [3.05, 3.63) is 23.7 Å². The van der Waals surface area contributed by atoms with Crippen LogP contribution in [0.5, 0.6) is 0 Å². The Morgan fingerprint density at radius 3 is 2.88 bits per heavy atom. The molecular weight excluding hydrogens is 222 g/mol. The Kier molecular flexibility index (Phi) is 3.49. The SMILES string of the molecule is COC(=O)c1ccc(CNCC2(C)COC2)o1. The van der Waals surface area contributed by atoms with Gasteiger partial charge in [-0.3, -0.25) is 0 Å². The number of ether oxygens (including phenoxy) is 2. The molecule has 94 valence electrons. The van der Waals surface area contributed by atoms with E-state index < -0.39 is 5.97 Å². The molecule has 5 nitrogen and oxygen atoms in total. The highest BCUT2D eigenvalue weighted by Crippen LogP contribution is 2.25. The van der Waals surface area contributed by atoms with Crippen LogP contribution in [-0.4, -0.2) is 32.8 Å². The van der Waals surface area contributed by atoms with Crippen LogP contribution in [0.1, 0.15) is 23.2 Å². The quantitative estimate of drug-likeness (QED) is 0.782. The third-order valence-corrected chi connectivity index (χ3v) is 2.80. The molecule has 2 heterocycles. The average molecular weight is 239 g/mol. The van der Waals surface area contributed by atoms with E-state index in [0.717, 1.165) is 25.5 Å². The van der Waals surface area contributed by atoms with E-state index in [0.29, 0.717) is 6.54 Å². The minimum atomic E-state index is -0.449. The fourth-order valence-electron chi connectivity index (χ4n) is 1.72. The van der Waals surface area contributed by atoms with Gasteiger partial charge in [0, 0.05) is 12.0 Å². The first-order valence-electron chi connectivity index (χ1n) is 5.58. The minimum absolute atomic E-state index is 0.234. The molecule has 1 fully saturated rings. The molecule has 1 aliphatic rings.